The molecule has 28 heavy (non-hydrogen) atoms. The summed E-state index contributed by atoms with van der Waals surface area (Å²) in [4.78, 5) is 22.5. The Labute approximate surface area is 167 Å². The minimum atomic E-state index is -0.456. The van der Waals surface area contributed by atoms with Gasteiger partial charge in [-0.15, -0.1) is 0 Å². The van der Waals surface area contributed by atoms with E-state index in [1.165, 1.54) is 25.3 Å². The van der Waals surface area contributed by atoms with Crippen molar-refractivity contribution in [3.8, 4) is 11.5 Å². The van der Waals surface area contributed by atoms with Gasteiger partial charge in [0.25, 0.3) is 11.6 Å². The van der Waals surface area contributed by atoms with Crippen molar-refractivity contribution in [2.45, 2.75) is 13.3 Å². The van der Waals surface area contributed by atoms with E-state index in [9.17, 15) is 14.9 Å². The van der Waals surface area contributed by atoms with Crippen LogP contribution in [-0.2, 0) is 0 Å². The molecular formula is C19H22ClN3O5. The van der Waals surface area contributed by atoms with Gasteiger partial charge in [-0.25, -0.2) is 0 Å². The SMILES string of the molecule is CCCOc1c(Cl)cc(C(=O)NCCNc2ccc([N+](=O)[O-])cc2)cc1OC. The van der Waals surface area contributed by atoms with Crippen molar-refractivity contribution < 1.29 is 19.2 Å². The van der Waals surface area contributed by atoms with Gasteiger partial charge in [-0.05, 0) is 30.7 Å². The van der Waals surface area contributed by atoms with Crippen LogP contribution in [0.1, 0.15) is 23.7 Å². The zero-order valence-electron chi connectivity index (χ0n) is 15.7. The molecule has 2 aromatic rings. The normalized spacial score (nSPS) is 10.2. The molecule has 0 fully saturated rings. The molecule has 0 aliphatic heterocycles. The predicted molar refractivity (Wildman–Crippen MR) is 108 cm³/mol. The van der Waals surface area contributed by atoms with Crippen LogP contribution in [0.25, 0.3) is 0 Å². The van der Waals surface area contributed by atoms with E-state index in [-0.39, 0.29) is 11.6 Å². The number of nitrogens with zero attached hydrogens (tertiary/aromatic N) is 1. The molecule has 0 atom stereocenters. The number of benzene rings is 2. The Bertz CT molecular complexity index is 827. The third-order valence-electron chi connectivity index (χ3n) is 3.76. The zero-order valence-corrected chi connectivity index (χ0v) is 16.4. The van der Waals surface area contributed by atoms with Gasteiger partial charge < -0.3 is 20.1 Å². The Morgan fingerprint density at radius 1 is 1.21 bits per heavy atom. The molecular weight excluding hydrogens is 386 g/mol. The summed E-state index contributed by atoms with van der Waals surface area (Å²) in [5.74, 6) is 0.519. The Hall–Kier alpha value is -3.00. The highest BCUT2D eigenvalue weighted by molar-refractivity contribution is 6.32. The molecule has 0 spiro atoms. The topological polar surface area (TPSA) is 103 Å². The van der Waals surface area contributed by atoms with Crippen LogP contribution in [0.2, 0.25) is 5.02 Å². The molecule has 0 aromatic heterocycles. The minimum absolute atomic E-state index is 0.0241. The second-order valence-corrected chi connectivity index (χ2v) is 6.23. The fourth-order valence-corrected chi connectivity index (χ4v) is 2.65. The molecule has 0 radical (unpaired) electrons. The Balaban J connectivity index is 1.90. The van der Waals surface area contributed by atoms with Crippen LogP contribution in [0, 0.1) is 10.1 Å². The van der Waals surface area contributed by atoms with Crippen LogP contribution in [-0.4, -0.2) is 37.6 Å². The van der Waals surface area contributed by atoms with Crippen LogP contribution in [0.5, 0.6) is 11.5 Å². The number of carbonyl (C=O) groups excluding carboxylic acids is 1. The first-order chi connectivity index (χ1) is 13.5. The lowest BCUT2D eigenvalue weighted by atomic mass is 10.2. The number of rotatable bonds is 10. The Kier molecular flexibility index (Phi) is 7.88. The first kappa shape index (κ1) is 21.3. The summed E-state index contributed by atoms with van der Waals surface area (Å²) in [7, 11) is 1.49. The van der Waals surface area contributed by atoms with Gasteiger partial charge in [0.2, 0.25) is 0 Å². The van der Waals surface area contributed by atoms with E-state index < -0.39 is 4.92 Å². The Morgan fingerprint density at radius 3 is 2.54 bits per heavy atom. The monoisotopic (exact) mass is 407 g/mol. The highest BCUT2D eigenvalue weighted by atomic mass is 35.5. The molecule has 0 saturated carbocycles. The van der Waals surface area contributed by atoms with Crippen LogP contribution in [0.15, 0.2) is 36.4 Å². The van der Waals surface area contributed by atoms with E-state index in [1.807, 2.05) is 6.92 Å². The van der Waals surface area contributed by atoms with Crippen LogP contribution >= 0.6 is 11.6 Å². The summed E-state index contributed by atoms with van der Waals surface area (Å²) in [6.45, 7) is 3.28. The van der Waals surface area contributed by atoms with Crippen LogP contribution in [0.4, 0.5) is 11.4 Å². The molecule has 0 bridgehead atoms. The predicted octanol–water partition coefficient (Wildman–Crippen LogP) is 3.89. The van der Waals surface area contributed by atoms with Crippen LogP contribution < -0.4 is 20.1 Å². The molecule has 1 amide bonds. The number of halogens is 1. The number of nitro groups is 1. The molecule has 2 N–H and O–H groups in total. The molecule has 8 nitrogen and oxygen atoms in total. The second-order valence-electron chi connectivity index (χ2n) is 5.82. The molecule has 0 saturated heterocycles. The first-order valence-corrected chi connectivity index (χ1v) is 9.11. The van der Waals surface area contributed by atoms with E-state index in [4.69, 9.17) is 21.1 Å². The molecule has 0 aliphatic carbocycles. The van der Waals surface area contributed by atoms with Crippen molar-refractivity contribution in [3.05, 3.63) is 57.1 Å². The maximum Gasteiger partial charge on any atom is 0.269 e. The summed E-state index contributed by atoms with van der Waals surface area (Å²) in [6.07, 6.45) is 0.823. The van der Waals surface area contributed by atoms with Gasteiger partial charge in [0.15, 0.2) is 11.5 Å². The first-order valence-electron chi connectivity index (χ1n) is 8.73. The van der Waals surface area contributed by atoms with Gasteiger partial charge in [0.05, 0.1) is 23.7 Å². The van der Waals surface area contributed by atoms with Crippen molar-refractivity contribution in [1.82, 2.24) is 5.32 Å². The van der Waals surface area contributed by atoms with E-state index >= 15 is 0 Å². The van der Waals surface area contributed by atoms with E-state index in [0.717, 1.165) is 12.1 Å². The maximum atomic E-state index is 12.4. The summed E-state index contributed by atoms with van der Waals surface area (Å²) in [5.41, 5.74) is 1.11. The van der Waals surface area contributed by atoms with Crippen molar-refractivity contribution in [3.63, 3.8) is 0 Å². The van der Waals surface area contributed by atoms with Gasteiger partial charge in [-0.1, -0.05) is 18.5 Å². The van der Waals surface area contributed by atoms with Gasteiger partial charge in [-0.3, -0.25) is 14.9 Å². The number of methoxy groups -OCH3 is 1. The van der Waals surface area contributed by atoms with E-state index in [1.54, 1.807) is 18.2 Å². The number of nitro benzene ring substituents is 1. The average molecular weight is 408 g/mol. The Morgan fingerprint density at radius 2 is 1.93 bits per heavy atom. The number of anilines is 1. The van der Waals surface area contributed by atoms with Crippen molar-refractivity contribution in [1.29, 1.82) is 0 Å². The molecule has 0 aliphatic rings. The highest BCUT2D eigenvalue weighted by Gasteiger charge is 2.15. The van der Waals surface area contributed by atoms with Crippen LogP contribution in [0.3, 0.4) is 0 Å². The highest BCUT2D eigenvalue weighted by Crippen LogP contribution is 2.36. The molecule has 2 rings (SSSR count). The van der Waals surface area contributed by atoms with Crippen molar-refractivity contribution in [2.24, 2.45) is 0 Å². The van der Waals surface area contributed by atoms with E-state index in [0.29, 0.717) is 41.8 Å². The summed E-state index contributed by atoms with van der Waals surface area (Å²) >= 11 is 6.22. The molecule has 0 heterocycles. The van der Waals surface area contributed by atoms with Gasteiger partial charge in [0, 0.05) is 36.5 Å². The number of nitrogens with one attached hydrogen (secondary N) is 2. The minimum Gasteiger partial charge on any atom is -0.493 e. The summed E-state index contributed by atoms with van der Waals surface area (Å²) in [5, 5.41) is 16.8. The number of carbonyl (C=O) groups is 1. The van der Waals surface area contributed by atoms with Crippen molar-refractivity contribution in [2.75, 3.05) is 32.1 Å². The second kappa shape index (κ2) is 10.4. The smallest absolute Gasteiger partial charge is 0.269 e. The molecule has 9 heteroatoms. The fraction of sp³-hybridized carbons (Fsp3) is 0.316. The molecule has 150 valence electrons. The number of non-ortho nitro benzene ring substituents is 1. The molecule has 2 aromatic carbocycles. The lowest BCUT2D eigenvalue weighted by Crippen LogP contribution is -2.28. The lowest BCUT2D eigenvalue weighted by molar-refractivity contribution is -0.384. The van der Waals surface area contributed by atoms with E-state index in [2.05, 4.69) is 10.6 Å². The summed E-state index contributed by atoms with van der Waals surface area (Å²) < 4.78 is 10.8. The number of hydrogen-bond donors (Lipinski definition) is 2. The number of ether oxygens (including phenoxy) is 2. The largest absolute Gasteiger partial charge is 0.493 e. The van der Waals surface area contributed by atoms with Gasteiger partial charge in [-0.2, -0.15) is 0 Å². The zero-order chi connectivity index (χ0) is 20.5. The average Bonchev–Trinajstić information content (AvgIpc) is 2.69. The van der Waals surface area contributed by atoms with Gasteiger partial charge in [0.1, 0.15) is 0 Å². The van der Waals surface area contributed by atoms with Crippen molar-refractivity contribution >= 4 is 28.9 Å². The quantitative estimate of drug-likeness (QED) is 0.352. The fourth-order valence-electron chi connectivity index (χ4n) is 2.38. The standard InChI is InChI=1S/C19H22ClN3O5/c1-3-10-28-18-16(20)11-13(12-17(18)27-2)19(24)22-9-8-21-14-4-6-15(7-5-14)23(25)26/h4-7,11-12,21H,3,8-10H2,1-2H3,(H,22,24). The third-order valence-corrected chi connectivity index (χ3v) is 4.04. The third kappa shape index (κ3) is 5.75. The summed E-state index contributed by atoms with van der Waals surface area (Å²) in [6, 6.07) is 9.16. The number of amides is 1. The number of hydrogen-bond acceptors (Lipinski definition) is 6. The van der Waals surface area contributed by atoms with Gasteiger partial charge >= 0.3 is 0 Å². The maximum absolute atomic E-state index is 12.4. The lowest BCUT2D eigenvalue weighted by Gasteiger charge is -2.14. The molecule has 0 unspecified atom stereocenters.